The number of hydrogen-bond acceptors (Lipinski definition) is 2. The fourth-order valence-corrected chi connectivity index (χ4v) is 1.50. The first-order valence-electron chi connectivity index (χ1n) is 4.90. The predicted octanol–water partition coefficient (Wildman–Crippen LogP) is 3.61. The minimum absolute atomic E-state index is 0.0937. The molecule has 0 saturated carbocycles. The largest absolute Gasteiger partial charge is 0.503 e. The molecular formula is C12H7F4NO. The molecule has 6 heteroatoms. The van der Waals surface area contributed by atoms with E-state index in [1.807, 2.05) is 0 Å². The van der Waals surface area contributed by atoms with Crippen LogP contribution in [0.15, 0.2) is 36.5 Å². The van der Waals surface area contributed by atoms with Crippen molar-refractivity contribution in [3.8, 4) is 16.9 Å². The lowest BCUT2D eigenvalue weighted by Crippen LogP contribution is -2.04. The second-order valence-electron chi connectivity index (χ2n) is 3.57. The number of aromatic hydroxyl groups is 1. The van der Waals surface area contributed by atoms with Crippen LogP contribution in [0.2, 0.25) is 0 Å². The van der Waals surface area contributed by atoms with E-state index in [9.17, 15) is 22.7 Å². The van der Waals surface area contributed by atoms with Crippen LogP contribution in [0.3, 0.4) is 0 Å². The molecule has 1 N–H and O–H groups in total. The normalized spacial score (nSPS) is 11.6. The van der Waals surface area contributed by atoms with E-state index in [4.69, 9.17) is 0 Å². The van der Waals surface area contributed by atoms with Gasteiger partial charge in [-0.2, -0.15) is 17.6 Å². The molecule has 0 fully saturated rings. The van der Waals surface area contributed by atoms with Gasteiger partial charge in [-0.05, 0) is 23.8 Å². The van der Waals surface area contributed by atoms with Crippen LogP contribution in [-0.4, -0.2) is 10.1 Å². The van der Waals surface area contributed by atoms with Crippen molar-refractivity contribution in [2.45, 2.75) is 6.18 Å². The predicted molar refractivity (Wildman–Crippen MR) is 56.3 cm³/mol. The summed E-state index contributed by atoms with van der Waals surface area (Å²) in [7, 11) is 0. The lowest BCUT2D eigenvalue weighted by Gasteiger charge is -2.08. The zero-order valence-corrected chi connectivity index (χ0v) is 8.87. The Morgan fingerprint density at radius 3 is 2.17 bits per heavy atom. The number of alkyl halides is 3. The van der Waals surface area contributed by atoms with Gasteiger partial charge in [-0.25, -0.2) is 4.98 Å². The van der Waals surface area contributed by atoms with Gasteiger partial charge in [0.2, 0.25) is 0 Å². The molecule has 0 amide bonds. The summed E-state index contributed by atoms with van der Waals surface area (Å²) >= 11 is 0. The molecule has 18 heavy (non-hydrogen) atoms. The van der Waals surface area contributed by atoms with Crippen molar-refractivity contribution >= 4 is 0 Å². The molecule has 2 aromatic rings. The third kappa shape index (κ3) is 2.27. The Labute approximate surface area is 99.5 Å². The van der Waals surface area contributed by atoms with Crippen LogP contribution >= 0.6 is 0 Å². The van der Waals surface area contributed by atoms with E-state index < -0.39 is 23.4 Å². The smallest absolute Gasteiger partial charge is 0.416 e. The van der Waals surface area contributed by atoms with Crippen molar-refractivity contribution < 1.29 is 22.7 Å². The third-order valence-electron chi connectivity index (χ3n) is 2.40. The van der Waals surface area contributed by atoms with Gasteiger partial charge in [0.1, 0.15) is 0 Å². The quantitative estimate of drug-likeness (QED) is 0.625. The van der Waals surface area contributed by atoms with Crippen molar-refractivity contribution in [3.05, 3.63) is 48.0 Å². The summed E-state index contributed by atoms with van der Waals surface area (Å²) in [6.45, 7) is 0. The van der Waals surface area contributed by atoms with E-state index in [0.717, 1.165) is 30.5 Å². The van der Waals surface area contributed by atoms with Gasteiger partial charge in [0.25, 0.3) is 5.95 Å². The van der Waals surface area contributed by atoms with Crippen molar-refractivity contribution in [1.82, 2.24) is 4.98 Å². The van der Waals surface area contributed by atoms with Gasteiger partial charge in [-0.3, -0.25) is 0 Å². The molecule has 2 nitrogen and oxygen atoms in total. The zero-order chi connectivity index (χ0) is 13.3. The van der Waals surface area contributed by atoms with Crippen molar-refractivity contribution in [1.29, 1.82) is 0 Å². The number of aromatic nitrogens is 1. The molecule has 1 aromatic carbocycles. The average Bonchev–Trinajstić information content (AvgIpc) is 2.32. The Morgan fingerprint density at radius 2 is 1.61 bits per heavy atom. The maximum absolute atomic E-state index is 13.0. The standard InChI is InChI=1S/C12H7F4NO/c13-11-10(18)9(5-6-17-11)7-1-3-8(4-2-7)12(14,15)16/h1-6,18H. The first kappa shape index (κ1) is 12.3. The molecule has 0 saturated heterocycles. The lowest BCUT2D eigenvalue weighted by molar-refractivity contribution is -0.137. The molecule has 0 atom stereocenters. The minimum atomic E-state index is -4.43. The van der Waals surface area contributed by atoms with Gasteiger partial charge in [-0.15, -0.1) is 0 Å². The van der Waals surface area contributed by atoms with Crippen LogP contribution in [0, 0.1) is 5.95 Å². The SMILES string of the molecule is Oc1c(-c2ccc(C(F)(F)F)cc2)ccnc1F. The summed E-state index contributed by atoms with van der Waals surface area (Å²) in [5.74, 6) is -1.75. The Bertz CT molecular complexity index is 563. The summed E-state index contributed by atoms with van der Waals surface area (Å²) in [5, 5.41) is 9.42. The number of rotatable bonds is 1. The monoisotopic (exact) mass is 257 g/mol. The molecular weight excluding hydrogens is 250 g/mol. The van der Waals surface area contributed by atoms with E-state index in [1.54, 1.807) is 0 Å². The van der Waals surface area contributed by atoms with E-state index >= 15 is 0 Å². The number of nitrogens with zero attached hydrogens (tertiary/aromatic N) is 1. The molecule has 94 valence electrons. The van der Waals surface area contributed by atoms with Crippen LogP contribution in [0.5, 0.6) is 5.75 Å². The average molecular weight is 257 g/mol. The Balaban J connectivity index is 2.44. The lowest BCUT2D eigenvalue weighted by atomic mass is 10.0. The highest BCUT2D eigenvalue weighted by Gasteiger charge is 2.30. The summed E-state index contributed by atoms with van der Waals surface area (Å²) in [5.41, 5.74) is -0.432. The molecule has 0 aliphatic heterocycles. The van der Waals surface area contributed by atoms with Gasteiger partial charge < -0.3 is 5.11 Å². The van der Waals surface area contributed by atoms with Gasteiger partial charge in [0.05, 0.1) is 5.56 Å². The fraction of sp³-hybridized carbons (Fsp3) is 0.0833. The topological polar surface area (TPSA) is 33.1 Å². The van der Waals surface area contributed by atoms with E-state index in [-0.39, 0.29) is 11.1 Å². The highest BCUT2D eigenvalue weighted by Crippen LogP contribution is 2.33. The summed E-state index contributed by atoms with van der Waals surface area (Å²) in [4.78, 5) is 3.23. The molecule has 1 aromatic heterocycles. The summed E-state index contributed by atoms with van der Waals surface area (Å²) in [6.07, 6.45) is -3.30. The Hall–Kier alpha value is -2.11. The van der Waals surface area contributed by atoms with Gasteiger partial charge in [0.15, 0.2) is 5.75 Å². The van der Waals surface area contributed by atoms with Crippen LogP contribution in [0.4, 0.5) is 17.6 Å². The van der Waals surface area contributed by atoms with Crippen molar-refractivity contribution in [3.63, 3.8) is 0 Å². The molecule has 1 heterocycles. The molecule has 0 bridgehead atoms. The summed E-state index contributed by atoms with van der Waals surface area (Å²) < 4.78 is 50.0. The van der Waals surface area contributed by atoms with Crippen LogP contribution in [0.1, 0.15) is 5.56 Å². The van der Waals surface area contributed by atoms with Crippen molar-refractivity contribution in [2.24, 2.45) is 0 Å². The highest BCUT2D eigenvalue weighted by atomic mass is 19.4. The first-order chi connectivity index (χ1) is 8.39. The number of benzene rings is 1. The zero-order valence-electron chi connectivity index (χ0n) is 8.87. The second-order valence-corrected chi connectivity index (χ2v) is 3.57. The highest BCUT2D eigenvalue weighted by molar-refractivity contribution is 5.69. The van der Waals surface area contributed by atoms with Gasteiger partial charge in [0, 0.05) is 11.8 Å². The molecule has 0 spiro atoms. The van der Waals surface area contributed by atoms with E-state index in [1.165, 1.54) is 6.07 Å². The van der Waals surface area contributed by atoms with Crippen LogP contribution in [-0.2, 0) is 6.18 Å². The number of pyridine rings is 1. The van der Waals surface area contributed by atoms with Gasteiger partial charge >= 0.3 is 6.18 Å². The second kappa shape index (κ2) is 4.29. The minimum Gasteiger partial charge on any atom is -0.503 e. The Kier molecular flexibility index (Phi) is 2.94. The van der Waals surface area contributed by atoms with Crippen molar-refractivity contribution in [2.75, 3.05) is 0 Å². The van der Waals surface area contributed by atoms with E-state index in [0.29, 0.717) is 0 Å². The third-order valence-corrected chi connectivity index (χ3v) is 2.40. The van der Waals surface area contributed by atoms with Crippen LogP contribution in [0.25, 0.3) is 11.1 Å². The molecule has 2 rings (SSSR count). The molecule has 0 radical (unpaired) electrons. The number of hydrogen-bond donors (Lipinski definition) is 1. The summed E-state index contributed by atoms with van der Waals surface area (Å²) in [6, 6.07) is 5.38. The maximum Gasteiger partial charge on any atom is 0.416 e. The molecule has 0 aliphatic rings. The molecule has 0 unspecified atom stereocenters. The molecule has 0 aliphatic carbocycles. The van der Waals surface area contributed by atoms with Crippen LogP contribution < -0.4 is 0 Å². The van der Waals surface area contributed by atoms with E-state index in [2.05, 4.69) is 4.98 Å². The fourth-order valence-electron chi connectivity index (χ4n) is 1.50. The Morgan fingerprint density at radius 1 is 1.00 bits per heavy atom. The first-order valence-corrected chi connectivity index (χ1v) is 4.90. The maximum atomic E-state index is 13.0. The van der Waals surface area contributed by atoms with Gasteiger partial charge in [-0.1, -0.05) is 12.1 Å². The number of halogens is 4.